The third-order valence-electron chi connectivity index (χ3n) is 3.50. The number of ether oxygens (including phenoxy) is 1. The van der Waals surface area contributed by atoms with E-state index in [1.165, 1.54) is 4.31 Å². The molecular formula is C14H22ClNO3S. The van der Waals surface area contributed by atoms with Crippen molar-refractivity contribution in [1.29, 1.82) is 0 Å². The molecule has 1 aromatic rings. The molecule has 114 valence electrons. The molecule has 0 amide bonds. The van der Waals surface area contributed by atoms with Crippen molar-refractivity contribution in [3.8, 4) is 5.75 Å². The number of hydrogen-bond acceptors (Lipinski definition) is 3. The van der Waals surface area contributed by atoms with Crippen LogP contribution in [0.1, 0.15) is 25.8 Å². The molecule has 0 aliphatic heterocycles. The normalized spacial score (nSPS) is 13.5. The van der Waals surface area contributed by atoms with Gasteiger partial charge in [0.1, 0.15) is 5.75 Å². The van der Waals surface area contributed by atoms with Crippen molar-refractivity contribution in [3.05, 3.63) is 23.8 Å². The first kappa shape index (κ1) is 17.3. The Morgan fingerprint density at radius 2 is 2.05 bits per heavy atom. The van der Waals surface area contributed by atoms with E-state index in [1.807, 2.05) is 13.8 Å². The highest BCUT2D eigenvalue weighted by Gasteiger charge is 2.26. The quantitative estimate of drug-likeness (QED) is 0.726. The van der Waals surface area contributed by atoms with E-state index in [9.17, 15) is 8.42 Å². The van der Waals surface area contributed by atoms with Crippen LogP contribution < -0.4 is 4.74 Å². The van der Waals surface area contributed by atoms with Crippen LogP contribution in [0.15, 0.2) is 23.1 Å². The zero-order valence-corrected chi connectivity index (χ0v) is 14.0. The van der Waals surface area contributed by atoms with Gasteiger partial charge in [-0.3, -0.25) is 0 Å². The lowest BCUT2D eigenvalue weighted by Gasteiger charge is -2.24. The van der Waals surface area contributed by atoms with Gasteiger partial charge in [-0.15, -0.1) is 11.6 Å². The lowest BCUT2D eigenvalue weighted by atomic mass is 10.1. The summed E-state index contributed by atoms with van der Waals surface area (Å²) in [7, 11) is -0.345. The van der Waals surface area contributed by atoms with Crippen molar-refractivity contribution in [1.82, 2.24) is 4.31 Å². The van der Waals surface area contributed by atoms with E-state index in [0.29, 0.717) is 28.5 Å². The van der Waals surface area contributed by atoms with Gasteiger partial charge in [0.05, 0.1) is 12.0 Å². The highest BCUT2D eigenvalue weighted by molar-refractivity contribution is 7.89. The van der Waals surface area contributed by atoms with Gasteiger partial charge in [0, 0.05) is 19.0 Å². The van der Waals surface area contributed by atoms with Crippen LogP contribution in [0.5, 0.6) is 5.75 Å². The second-order valence-corrected chi connectivity index (χ2v) is 7.04. The Morgan fingerprint density at radius 1 is 1.40 bits per heavy atom. The van der Waals surface area contributed by atoms with Gasteiger partial charge in [0.2, 0.25) is 10.0 Å². The minimum Gasteiger partial charge on any atom is -0.497 e. The second kappa shape index (κ2) is 7.29. The Balaban J connectivity index is 3.30. The number of nitrogens with zero attached hydrogens (tertiary/aromatic N) is 1. The Hall–Kier alpha value is -0.780. The standard InChI is InChI=1S/C14H22ClNO3S/c1-5-11(2)16(3)20(17,18)14-7-6-13(19-4)10-12(14)8-9-15/h6-7,10-11H,5,8-9H2,1-4H3. The van der Waals surface area contributed by atoms with Crippen LogP contribution >= 0.6 is 11.6 Å². The zero-order chi connectivity index (χ0) is 15.3. The fraction of sp³-hybridized carbons (Fsp3) is 0.571. The molecule has 1 aromatic carbocycles. The Morgan fingerprint density at radius 3 is 2.55 bits per heavy atom. The minimum absolute atomic E-state index is 0.0500. The lowest BCUT2D eigenvalue weighted by Crippen LogP contribution is -2.35. The highest BCUT2D eigenvalue weighted by Crippen LogP contribution is 2.26. The number of sulfonamides is 1. The summed E-state index contributed by atoms with van der Waals surface area (Å²) in [6.45, 7) is 3.85. The van der Waals surface area contributed by atoms with Gasteiger partial charge >= 0.3 is 0 Å². The number of aryl methyl sites for hydroxylation is 1. The summed E-state index contributed by atoms with van der Waals surface area (Å²) in [5.41, 5.74) is 0.689. The summed E-state index contributed by atoms with van der Waals surface area (Å²) < 4.78 is 31.9. The predicted octanol–water partition coefficient (Wildman–Crippen LogP) is 2.90. The first-order valence-corrected chi connectivity index (χ1v) is 8.56. The SMILES string of the molecule is CCC(C)N(C)S(=O)(=O)c1ccc(OC)cc1CCCl. The third kappa shape index (κ3) is 3.65. The summed E-state index contributed by atoms with van der Waals surface area (Å²) in [5.74, 6) is 0.998. The summed E-state index contributed by atoms with van der Waals surface area (Å²) in [6.07, 6.45) is 1.25. The maximum atomic E-state index is 12.7. The highest BCUT2D eigenvalue weighted by atomic mass is 35.5. The topological polar surface area (TPSA) is 46.6 Å². The third-order valence-corrected chi connectivity index (χ3v) is 5.76. The summed E-state index contributed by atoms with van der Waals surface area (Å²) >= 11 is 5.77. The molecule has 1 rings (SSSR count). The molecule has 20 heavy (non-hydrogen) atoms. The van der Waals surface area contributed by atoms with Crippen molar-refractivity contribution in [2.24, 2.45) is 0 Å². The molecule has 0 spiro atoms. The Labute approximate surface area is 126 Å². The monoisotopic (exact) mass is 319 g/mol. The van der Waals surface area contributed by atoms with Crippen LogP contribution in [-0.4, -0.2) is 38.8 Å². The van der Waals surface area contributed by atoms with Crippen molar-refractivity contribution in [2.45, 2.75) is 37.6 Å². The molecule has 0 radical (unpaired) electrons. The van der Waals surface area contributed by atoms with Crippen LogP contribution in [0.25, 0.3) is 0 Å². The smallest absolute Gasteiger partial charge is 0.243 e. The average Bonchev–Trinajstić information content (AvgIpc) is 2.45. The maximum absolute atomic E-state index is 12.7. The number of halogens is 1. The van der Waals surface area contributed by atoms with Crippen molar-refractivity contribution in [2.75, 3.05) is 20.0 Å². The van der Waals surface area contributed by atoms with E-state index >= 15 is 0 Å². The molecular weight excluding hydrogens is 298 g/mol. The van der Waals surface area contributed by atoms with Crippen LogP contribution in [0.2, 0.25) is 0 Å². The fourth-order valence-electron chi connectivity index (χ4n) is 1.88. The van der Waals surface area contributed by atoms with Gasteiger partial charge in [-0.2, -0.15) is 4.31 Å². The molecule has 4 nitrogen and oxygen atoms in total. The van der Waals surface area contributed by atoms with Crippen LogP contribution in [0, 0.1) is 0 Å². The number of benzene rings is 1. The minimum atomic E-state index is -3.51. The number of alkyl halides is 1. The lowest BCUT2D eigenvalue weighted by molar-refractivity contribution is 0.380. The van der Waals surface area contributed by atoms with Gasteiger partial charge in [-0.1, -0.05) is 6.92 Å². The predicted molar refractivity (Wildman–Crippen MR) is 82.1 cm³/mol. The first-order valence-electron chi connectivity index (χ1n) is 6.59. The zero-order valence-electron chi connectivity index (χ0n) is 12.4. The van der Waals surface area contributed by atoms with E-state index in [4.69, 9.17) is 16.3 Å². The summed E-state index contributed by atoms with van der Waals surface area (Å²) in [6, 6.07) is 4.94. The second-order valence-electron chi connectivity index (χ2n) is 4.69. The fourth-order valence-corrected chi connectivity index (χ4v) is 3.75. The number of rotatable bonds is 7. The molecule has 0 aromatic heterocycles. The van der Waals surface area contributed by atoms with Crippen LogP contribution in [-0.2, 0) is 16.4 Å². The largest absolute Gasteiger partial charge is 0.497 e. The van der Waals surface area contributed by atoms with E-state index in [1.54, 1.807) is 32.4 Å². The number of methoxy groups -OCH3 is 1. The summed E-state index contributed by atoms with van der Waals surface area (Å²) in [4.78, 5) is 0.307. The van der Waals surface area contributed by atoms with E-state index in [2.05, 4.69) is 0 Å². The molecule has 0 N–H and O–H groups in total. The molecule has 0 saturated heterocycles. The molecule has 0 fully saturated rings. The molecule has 0 saturated carbocycles. The molecule has 1 unspecified atom stereocenters. The molecule has 0 heterocycles. The van der Waals surface area contributed by atoms with E-state index < -0.39 is 10.0 Å². The first-order chi connectivity index (χ1) is 9.38. The van der Waals surface area contributed by atoms with Gasteiger partial charge in [-0.25, -0.2) is 8.42 Å². The molecule has 0 aliphatic rings. The molecule has 0 bridgehead atoms. The van der Waals surface area contributed by atoms with Crippen molar-refractivity contribution in [3.63, 3.8) is 0 Å². The van der Waals surface area contributed by atoms with Crippen LogP contribution in [0.4, 0.5) is 0 Å². The Kier molecular flexibility index (Phi) is 6.30. The van der Waals surface area contributed by atoms with Gasteiger partial charge in [0.25, 0.3) is 0 Å². The summed E-state index contributed by atoms with van der Waals surface area (Å²) in [5, 5.41) is 0. The maximum Gasteiger partial charge on any atom is 0.243 e. The van der Waals surface area contributed by atoms with Crippen molar-refractivity contribution < 1.29 is 13.2 Å². The van der Waals surface area contributed by atoms with Crippen LogP contribution in [0.3, 0.4) is 0 Å². The van der Waals surface area contributed by atoms with E-state index in [0.717, 1.165) is 6.42 Å². The van der Waals surface area contributed by atoms with E-state index in [-0.39, 0.29) is 6.04 Å². The average molecular weight is 320 g/mol. The van der Waals surface area contributed by atoms with Gasteiger partial charge in [-0.05, 0) is 43.5 Å². The number of hydrogen-bond donors (Lipinski definition) is 0. The van der Waals surface area contributed by atoms with Crippen molar-refractivity contribution >= 4 is 21.6 Å². The molecule has 1 atom stereocenters. The molecule has 6 heteroatoms. The Bertz CT molecular complexity index is 545. The van der Waals surface area contributed by atoms with Gasteiger partial charge < -0.3 is 4.74 Å². The molecule has 0 aliphatic carbocycles. The van der Waals surface area contributed by atoms with Gasteiger partial charge in [0.15, 0.2) is 0 Å².